The molecule has 0 bridgehead atoms. The number of aryl methyl sites for hydroxylation is 1. The van der Waals surface area contributed by atoms with E-state index in [1.807, 2.05) is 78.2 Å². The Morgan fingerprint density at radius 3 is 2.16 bits per heavy atom. The van der Waals surface area contributed by atoms with Gasteiger partial charge in [-0.25, -0.2) is 9.78 Å². The Bertz CT molecular complexity index is 1340. The van der Waals surface area contributed by atoms with Gasteiger partial charge in [-0.2, -0.15) is 0 Å². The lowest BCUT2D eigenvalue weighted by Crippen LogP contribution is -2.51. The molecule has 0 aliphatic carbocycles. The minimum Gasteiger partial charge on any atom is -0.481 e. The van der Waals surface area contributed by atoms with Crippen molar-refractivity contribution in [2.45, 2.75) is 129 Å². The predicted molar refractivity (Wildman–Crippen MR) is 207 cm³/mol. The molecule has 1 heterocycles. The van der Waals surface area contributed by atoms with Crippen LogP contribution in [0.15, 0.2) is 34.8 Å². The smallest absolute Gasteiger partial charge is 0.481 e. The number of ketones is 1. The van der Waals surface area contributed by atoms with Crippen LogP contribution in [0.4, 0.5) is 4.79 Å². The van der Waals surface area contributed by atoms with E-state index in [-0.39, 0.29) is 18.1 Å². The number of aliphatic carboxylic acids is 1. The fourth-order valence-corrected chi connectivity index (χ4v) is 9.44. The van der Waals surface area contributed by atoms with Crippen LogP contribution in [-0.4, -0.2) is 70.1 Å². The van der Waals surface area contributed by atoms with Crippen molar-refractivity contribution >= 4 is 78.4 Å². The summed E-state index contributed by atoms with van der Waals surface area (Å²) in [5, 5.41) is 23.4. The number of aliphatic hydroxyl groups excluding tert-OH is 1. The van der Waals surface area contributed by atoms with Crippen molar-refractivity contribution < 1.29 is 38.5 Å². The maximum Gasteiger partial charge on any atom is 0.508 e. The van der Waals surface area contributed by atoms with Crippen LogP contribution in [0.1, 0.15) is 92.3 Å². The SMILES string of the molecule is CC[Si](CC)(CC)OC(CC(=O)O)C(C)(C)C(=O)C(C)C(OC(=O)OCC(Cl)(Cl)Cl)C(C)CC=CC(C)=CCC(O)C(C)=Cc1csc(C)n1. The number of thiazole rings is 1. The Morgan fingerprint density at radius 2 is 1.66 bits per heavy atom. The highest BCUT2D eigenvalue weighted by Gasteiger charge is 2.47. The van der Waals surface area contributed by atoms with E-state index in [4.69, 9.17) is 48.7 Å². The number of allylic oxidation sites excluding steroid dienone is 3. The van der Waals surface area contributed by atoms with Crippen LogP contribution >= 0.6 is 46.1 Å². The van der Waals surface area contributed by atoms with Crippen molar-refractivity contribution in [2.75, 3.05) is 6.61 Å². The number of halogens is 3. The average Bonchev–Trinajstić information content (AvgIpc) is 3.45. The van der Waals surface area contributed by atoms with Crippen molar-refractivity contribution in [3.05, 3.63) is 45.5 Å². The van der Waals surface area contributed by atoms with Crippen LogP contribution in [0.25, 0.3) is 6.08 Å². The zero-order valence-electron chi connectivity index (χ0n) is 31.1. The molecule has 0 fully saturated rings. The molecule has 0 radical (unpaired) electrons. The summed E-state index contributed by atoms with van der Waals surface area (Å²) in [7, 11) is -2.30. The monoisotopic (exact) mass is 795 g/mol. The molecule has 284 valence electrons. The fourth-order valence-electron chi connectivity index (χ4n) is 5.73. The molecular formula is C36H56Cl3NO8SSi. The molecule has 5 unspecified atom stereocenters. The molecule has 50 heavy (non-hydrogen) atoms. The van der Waals surface area contributed by atoms with Gasteiger partial charge in [0.1, 0.15) is 18.5 Å². The molecule has 9 nitrogen and oxygen atoms in total. The van der Waals surface area contributed by atoms with Crippen LogP contribution in [0.3, 0.4) is 0 Å². The quantitative estimate of drug-likeness (QED) is 0.0540. The van der Waals surface area contributed by atoms with Gasteiger partial charge in [0.15, 0.2) is 8.32 Å². The summed E-state index contributed by atoms with van der Waals surface area (Å²) >= 11 is 18.8. The first-order chi connectivity index (χ1) is 23.1. The first kappa shape index (κ1) is 46.3. The summed E-state index contributed by atoms with van der Waals surface area (Å²) in [4.78, 5) is 43.5. The van der Waals surface area contributed by atoms with Crippen LogP contribution in [0.5, 0.6) is 0 Å². The average molecular weight is 797 g/mol. The van der Waals surface area contributed by atoms with Crippen LogP contribution in [0.2, 0.25) is 18.1 Å². The largest absolute Gasteiger partial charge is 0.508 e. The van der Waals surface area contributed by atoms with Crippen molar-refractivity contribution in [3.63, 3.8) is 0 Å². The number of aromatic nitrogens is 1. The molecule has 0 saturated heterocycles. The standard InChI is InChI=1S/C36H56Cl3NO8SSi/c1-11-50(12-2,13-3)48-30(20-31(42)43)35(9,10)33(44)26(7)32(47-34(45)46-22-36(37,38)39)24(5)16-14-15-23(4)17-18-29(41)25(6)19-28-21-49-27(8)40-28/h14-15,17,19,21,24,26,29-30,32,41H,11-13,16,18,20,22H2,1-10H3,(H,42,43). The number of carbonyl (C=O) groups excluding carboxylic acids is 2. The van der Waals surface area contributed by atoms with Crippen molar-refractivity contribution in [1.82, 2.24) is 4.98 Å². The number of Topliss-reactive ketones (excluding diaryl/α,β-unsaturated/α-hetero) is 1. The van der Waals surface area contributed by atoms with Crippen molar-refractivity contribution in [3.8, 4) is 0 Å². The summed E-state index contributed by atoms with van der Waals surface area (Å²) < 4.78 is 15.5. The third kappa shape index (κ3) is 15.5. The van der Waals surface area contributed by atoms with Gasteiger partial charge in [0.05, 0.1) is 35.2 Å². The van der Waals surface area contributed by atoms with Gasteiger partial charge in [0.2, 0.25) is 3.79 Å². The van der Waals surface area contributed by atoms with Crippen LogP contribution in [-0.2, 0) is 23.5 Å². The maximum absolute atomic E-state index is 14.3. The van der Waals surface area contributed by atoms with Crippen molar-refractivity contribution in [1.29, 1.82) is 0 Å². The summed E-state index contributed by atoms with van der Waals surface area (Å²) in [6.45, 7) is 18.2. The number of nitrogens with zero attached hydrogens (tertiary/aromatic N) is 1. The molecule has 1 aromatic rings. The van der Waals surface area contributed by atoms with Gasteiger partial charge in [-0.05, 0) is 69.3 Å². The number of ether oxygens (including phenoxy) is 2. The number of hydrogen-bond donors (Lipinski definition) is 2. The van der Waals surface area contributed by atoms with E-state index in [1.165, 1.54) is 0 Å². The van der Waals surface area contributed by atoms with E-state index in [0.717, 1.165) is 40.0 Å². The lowest BCUT2D eigenvalue weighted by molar-refractivity contribution is -0.146. The van der Waals surface area contributed by atoms with E-state index in [0.29, 0.717) is 12.8 Å². The zero-order chi connectivity index (χ0) is 38.4. The molecule has 0 saturated carbocycles. The zero-order valence-corrected chi connectivity index (χ0v) is 35.1. The Kier molecular flexibility index (Phi) is 19.5. The fraction of sp³-hybridized carbons (Fsp3) is 0.667. The Labute approximate surface area is 318 Å². The second-order valence-corrected chi connectivity index (χ2v) is 21.9. The second-order valence-electron chi connectivity index (χ2n) is 13.6. The van der Waals surface area contributed by atoms with Crippen molar-refractivity contribution in [2.24, 2.45) is 17.3 Å². The third-order valence-corrected chi connectivity index (χ3v) is 15.0. The number of aliphatic hydroxyl groups is 1. The highest BCUT2D eigenvalue weighted by Crippen LogP contribution is 2.38. The minimum atomic E-state index is -2.30. The van der Waals surface area contributed by atoms with E-state index in [9.17, 15) is 24.6 Å². The highest BCUT2D eigenvalue weighted by molar-refractivity contribution is 7.09. The van der Waals surface area contributed by atoms with Gasteiger partial charge >= 0.3 is 12.1 Å². The number of carboxylic acids is 1. The number of carbonyl (C=O) groups is 3. The number of alkyl halides is 3. The minimum absolute atomic E-state index is 0.300. The molecule has 14 heteroatoms. The lowest BCUT2D eigenvalue weighted by atomic mass is 9.73. The van der Waals surface area contributed by atoms with E-state index < -0.39 is 60.5 Å². The van der Waals surface area contributed by atoms with Crippen LogP contribution in [0, 0.1) is 24.2 Å². The van der Waals surface area contributed by atoms with Gasteiger partial charge in [-0.15, -0.1) is 11.3 Å². The first-order valence-corrected chi connectivity index (χ1v) is 21.6. The van der Waals surface area contributed by atoms with Gasteiger partial charge < -0.3 is 24.1 Å². The molecule has 0 aliphatic heterocycles. The normalized spacial score (nSPS) is 16.5. The summed E-state index contributed by atoms with van der Waals surface area (Å²) in [6.07, 6.45) is 4.53. The predicted octanol–water partition coefficient (Wildman–Crippen LogP) is 10.1. The second kappa shape index (κ2) is 21.1. The van der Waals surface area contributed by atoms with Gasteiger partial charge in [0, 0.05) is 10.8 Å². The Balaban J connectivity index is 3.24. The number of hydrogen-bond acceptors (Lipinski definition) is 9. The molecule has 0 spiro atoms. The molecule has 2 N–H and O–H groups in total. The number of rotatable bonds is 21. The van der Waals surface area contributed by atoms with Crippen LogP contribution < -0.4 is 0 Å². The highest BCUT2D eigenvalue weighted by atomic mass is 35.6. The molecule has 5 atom stereocenters. The summed E-state index contributed by atoms with van der Waals surface area (Å²) in [6, 6.07) is 2.36. The molecule has 1 aromatic heterocycles. The van der Waals surface area contributed by atoms with E-state index in [1.54, 1.807) is 32.1 Å². The molecule has 0 aliphatic rings. The number of carboxylic acid groups (broad SMARTS) is 1. The topological polar surface area (TPSA) is 132 Å². The van der Waals surface area contributed by atoms with Gasteiger partial charge in [0.25, 0.3) is 0 Å². The third-order valence-electron chi connectivity index (χ3n) is 9.27. The molecule has 0 aromatic carbocycles. The maximum atomic E-state index is 14.3. The summed E-state index contributed by atoms with van der Waals surface area (Å²) in [5.74, 6) is -2.60. The van der Waals surface area contributed by atoms with Gasteiger partial charge in [-0.1, -0.05) is 107 Å². The first-order valence-electron chi connectivity index (χ1n) is 17.1. The van der Waals surface area contributed by atoms with E-state index >= 15 is 0 Å². The molecular weight excluding hydrogens is 741 g/mol. The Morgan fingerprint density at radius 1 is 1.06 bits per heavy atom. The lowest BCUT2D eigenvalue weighted by Gasteiger charge is -2.42. The summed E-state index contributed by atoms with van der Waals surface area (Å²) in [5.41, 5.74) is 1.33. The Hall–Kier alpha value is -1.73. The molecule has 1 rings (SSSR count). The molecule has 0 amide bonds. The van der Waals surface area contributed by atoms with E-state index in [2.05, 4.69) is 4.98 Å². The van der Waals surface area contributed by atoms with Gasteiger partial charge in [-0.3, -0.25) is 9.59 Å².